The number of hydrogen-bond acceptors (Lipinski definition) is 7. The van der Waals surface area contributed by atoms with Crippen LogP contribution in [0.5, 0.6) is 5.75 Å². The Balaban J connectivity index is 3.05. The summed E-state index contributed by atoms with van der Waals surface area (Å²) in [6, 6.07) is 2.84. The van der Waals surface area contributed by atoms with Gasteiger partial charge in [0.1, 0.15) is 17.9 Å². The smallest absolute Gasteiger partial charge is 0.328 e. The zero-order valence-corrected chi connectivity index (χ0v) is 15.2. The van der Waals surface area contributed by atoms with Crippen molar-refractivity contribution in [2.75, 3.05) is 14.2 Å². The molecule has 1 amide bonds. The van der Waals surface area contributed by atoms with E-state index in [9.17, 15) is 24.8 Å². The van der Waals surface area contributed by atoms with Crippen LogP contribution >= 0.6 is 0 Å². The van der Waals surface area contributed by atoms with Gasteiger partial charge >= 0.3 is 5.97 Å². The molecule has 0 aromatic heterocycles. The summed E-state index contributed by atoms with van der Waals surface area (Å²) >= 11 is 0. The lowest BCUT2D eigenvalue weighted by Crippen LogP contribution is -2.47. The molecule has 0 spiro atoms. The highest BCUT2D eigenvalue weighted by Gasteiger charge is 2.27. The maximum absolute atomic E-state index is 12.1. The van der Waals surface area contributed by atoms with Crippen molar-refractivity contribution in [1.82, 2.24) is 5.32 Å². The Bertz CT molecular complexity index is 661. The molecule has 0 fully saturated rings. The van der Waals surface area contributed by atoms with Gasteiger partial charge in [0.15, 0.2) is 0 Å². The summed E-state index contributed by atoms with van der Waals surface area (Å²) in [6.45, 7) is 3.70. The van der Waals surface area contributed by atoms with Gasteiger partial charge in [-0.1, -0.05) is 13.8 Å². The van der Waals surface area contributed by atoms with Crippen molar-refractivity contribution < 1.29 is 29.1 Å². The highest BCUT2D eigenvalue weighted by molar-refractivity contribution is 5.87. The number of benzene rings is 1. The van der Waals surface area contributed by atoms with Crippen LogP contribution in [0.4, 0.5) is 5.69 Å². The van der Waals surface area contributed by atoms with E-state index < -0.39 is 28.9 Å². The Labute approximate surface area is 151 Å². The van der Waals surface area contributed by atoms with Gasteiger partial charge in [0.2, 0.25) is 5.91 Å². The summed E-state index contributed by atoms with van der Waals surface area (Å²) in [5, 5.41) is 23.3. The molecule has 26 heavy (non-hydrogen) atoms. The Morgan fingerprint density at radius 1 is 1.31 bits per heavy atom. The minimum absolute atomic E-state index is 0.0856. The van der Waals surface area contributed by atoms with Crippen molar-refractivity contribution in [1.29, 1.82) is 0 Å². The molecule has 9 heteroatoms. The monoisotopic (exact) mass is 368 g/mol. The van der Waals surface area contributed by atoms with Gasteiger partial charge in [0.05, 0.1) is 19.1 Å². The number of ether oxygens (including phenoxy) is 2. The summed E-state index contributed by atoms with van der Waals surface area (Å²) < 4.78 is 9.85. The molecule has 0 aliphatic carbocycles. The number of carbonyl (C=O) groups excluding carboxylic acids is 2. The zero-order chi connectivity index (χ0) is 19.9. The first-order valence-corrected chi connectivity index (χ1v) is 8.07. The number of hydrogen-bond donors (Lipinski definition) is 2. The van der Waals surface area contributed by atoms with Crippen molar-refractivity contribution in [2.24, 2.45) is 5.92 Å². The molecular formula is C17H24N2O7. The third kappa shape index (κ3) is 5.99. The number of rotatable bonds is 9. The van der Waals surface area contributed by atoms with E-state index in [0.717, 1.165) is 7.11 Å². The topological polar surface area (TPSA) is 128 Å². The summed E-state index contributed by atoms with van der Waals surface area (Å²) in [7, 11) is 2.56. The molecular weight excluding hydrogens is 344 g/mol. The predicted octanol–water partition coefficient (Wildman–Crippen LogP) is 1.21. The van der Waals surface area contributed by atoms with Gasteiger partial charge in [-0.05, 0) is 18.4 Å². The van der Waals surface area contributed by atoms with Crippen molar-refractivity contribution in [3.05, 3.63) is 33.9 Å². The Kier molecular flexibility index (Phi) is 7.98. The number of aliphatic hydroxyl groups is 1. The molecule has 0 aliphatic rings. The Morgan fingerprint density at radius 2 is 1.96 bits per heavy atom. The second-order valence-electron chi connectivity index (χ2n) is 6.19. The first kappa shape index (κ1) is 21.4. The van der Waals surface area contributed by atoms with Gasteiger partial charge in [0, 0.05) is 24.1 Å². The maximum Gasteiger partial charge on any atom is 0.328 e. The molecule has 1 aromatic carbocycles. The lowest BCUT2D eigenvalue weighted by molar-refractivity contribution is -0.384. The van der Waals surface area contributed by atoms with Crippen LogP contribution in [-0.2, 0) is 20.7 Å². The van der Waals surface area contributed by atoms with Crippen LogP contribution in [-0.4, -0.2) is 48.3 Å². The SMILES string of the molecule is COC(=O)[C@H](Cc1cc([N+](=O)[O-])ccc1OC)NC(=O)[C@@H](O)CC(C)C. The van der Waals surface area contributed by atoms with Gasteiger partial charge in [-0.2, -0.15) is 0 Å². The van der Waals surface area contributed by atoms with Gasteiger partial charge in [-0.25, -0.2) is 4.79 Å². The standard InChI is InChI=1S/C17H24N2O7/c1-10(2)7-14(20)16(21)18-13(17(22)26-4)9-11-8-12(19(23)24)5-6-15(11)25-3/h5-6,8,10,13-14,20H,7,9H2,1-4H3,(H,18,21)/t13-,14-/m0/s1. The summed E-state index contributed by atoms with van der Waals surface area (Å²) in [4.78, 5) is 34.5. The molecule has 0 saturated heterocycles. The number of nitro benzene ring substituents is 1. The first-order valence-electron chi connectivity index (χ1n) is 8.07. The number of methoxy groups -OCH3 is 2. The van der Waals surface area contributed by atoms with E-state index in [4.69, 9.17) is 4.74 Å². The van der Waals surface area contributed by atoms with Crippen LogP contribution in [0.3, 0.4) is 0 Å². The summed E-state index contributed by atoms with van der Waals surface area (Å²) in [5.74, 6) is -1.02. The highest BCUT2D eigenvalue weighted by Crippen LogP contribution is 2.25. The average molecular weight is 368 g/mol. The highest BCUT2D eigenvalue weighted by atomic mass is 16.6. The number of non-ortho nitro benzene ring substituents is 1. The summed E-state index contributed by atoms with van der Waals surface area (Å²) in [5.41, 5.74) is 0.186. The summed E-state index contributed by atoms with van der Waals surface area (Å²) in [6.07, 6.45) is -1.12. The van der Waals surface area contributed by atoms with E-state index in [1.165, 1.54) is 25.3 Å². The van der Waals surface area contributed by atoms with Crippen molar-refractivity contribution >= 4 is 17.6 Å². The van der Waals surface area contributed by atoms with E-state index in [1.54, 1.807) is 0 Å². The molecule has 1 rings (SSSR count). The minimum atomic E-state index is -1.27. The molecule has 1 aromatic rings. The Morgan fingerprint density at radius 3 is 2.46 bits per heavy atom. The third-order valence-corrected chi connectivity index (χ3v) is 3.70. The minimum Gasteiger partial charge on any atom is -0.496 e. The van der Waals surface area contributed by atoms with Crippen LogP contribution in [0.15, 0.2) is 18.2 Å². The fourth-order valence-electron chi connectivity index (χ4n) is 2.42. The van der Waals surface area contributed by atoms with E-state index in [0.29, 0.717) is 11.3 Å². The average Bonchev–Trinajstić information content (AvgIpc) is 2.59. The largest absolute Gasteiger partial charge is 0.496 e. The van der Waals surface area contributed by atoms with Crippen LogP contribution < -0.4 is 10.1 Å². The third-order valence-electron chi connectivity index (χ3n) is 3.70. The van der Waals surface area contributed by atoms with Gasteiger partial charge in [-0.15, -0.1) is 0 Å². The van der Waals surface area contributed by atoms with Gasteiger partial charge in [-0.3, -0.25) is 14.9 Å². The molecule has 0 bridgehead atoms. The van der Waals surface area contributed by atoms with E-state index >= 15 is 0 Å². The number of nitrogens with zero attached hydrogens (tertiary/aromatic N) is 1. The van der Waals surface area contributed by atoms with Gasteiger partial charge < -0.3 is 19.9 Å². The molecule has 0 heterocycles. The molecule has 0 unspecified atom stereocenters. The van der Waals surface area contributed by atoms with Crippen molar-refractivity contribution in [3.63, 3.8) is 0 Å². The quantitative estimate of drug-likeness (QED) is 0.381. The van der Waals surface area contributed by atoms with Crippen LogP contribution in [0.25, 0.3) is 0 Å². The van der Waals surface area contributed by atoms with Gasteiger partial charge in [0.25, 0.3) is 5.69 Å². The van der Waals surface area contributed by atoms with E-state index in [2.05, 4.69) is 10.1 Å². The maximum atomic E-state index is 12.1. The molecule has 144 valence electrons. The van der Waals surface area contributed by atoms with Crippen LogP contribution in [0, 0.1) is 16.0 Å². The first-order chi connectivity index (χ1) is 12.2. The molecule has 0 radical (unpaired) electrons. The number of esters is 1. The molecule has 9 nitrogen and oxygen atoms in total. The molecule has 2 N–H and O–H groups in total. The van der Waals surface area contributed by atoms with E-state index in [1.807, 2.05) is 13.8 Å². The number of carbonyl (C=O) groups is 2. The fraction of sp³-hybridized carbons (Fsp3) is 0.529. The van der Waals surface area contributed by atoms with E-state index in [-0.39, 0.29) is 24.4 Å². The normalized spacial score (nSPS) is 13.0. The number of aliphatic hydroxyl groups excluding tert-OH is 1. The number of amides is 1. The second-order valence-corrected chi connectivity index (χ2v) is 6.19. The number of nitro groups is 1. The van der Waals surface area contributed by atoms with Crippen molar-refractivity contribution in [2.45, 2.75) is 38.8 Å². The lowest BCUT2D eigenvalue weighted by Gasteiger charge is -2.20. The molecule has 0 saturated carbocycles. The van der Waals surface area contributed by atoms with Crippen LogP contribution in [0.1, 0.15) is 25.8 Å². The van der Waals surface area contributed by atoms with Crippen LogP contribution in [0.2, 0.25) is 0 Å². The van der Waals surface area contributed by atoms with Crippen molar-refractivity contribution in [3.8, 4) is 5.75 Å². The Hall–Kier alpha value is -2.68. The zero-order valence-electron chi connectivity index (χ0n) is 15.2. The molecule has 0 aliphatic heterocycles. The second kappa shape index (κ2) is 9.71. The lowest BCUT2D eigenvalue weighted by atomic mass is 10.0. The fourth-order valence-corrected chi connectivity index (χ4v) is 2.42. The molecule has 2 atom stereocenters. The number of nitrogens with one attached hydrogen (secondary N) is 1. The predicted molar refractivity (Wildman–Crippen MR) is 92.8 cm³/mol.